The molecule has 4 atom stereocenters. The molecule has 25 heteroatoms. The smallest absolute Gasteiger partial charge is 0.269 e. The molecule has 0 fully saturated rings. The van der Waals surface area contributed by atoms with Gasteiger partial charge in [-0.1, -0.05) is 266 Å². The van der Waals surface area contributed by atoms with Crippen molar-refractivity contribution >= 4 is 174 Å². The fraction of sp³-hybridized carbons (Fsp3) is 0.0759. The van der Waals surface area contributed by atoms with E-state index in [2.05, 4.69) is 53.3 Å². The predicted molar refractivity (Wildman–Crippen MR) is 428 cm³/mol. The number of nitrogens with two attached hydrogens (primary N) is 1. The molecule has 0 aliphatic rings. The molecule has 12 aromatic rings. The fourth-order valence-electron chi connectivity index (χ4n) is 10.0. The Hall–Kier alpha value is -7.80. The lowest BCUT2D eigenvalue weighted by Crippen LogP contribution is -2.30. The maximum atomic E-state index is 13.0. The number of nitrogens with one attached hydrogen (secondary N) is 4. The van der Waals surface area contributed by atoms with Gasteiger partial charge in [0.25, 0.3) is 17.7 Å². The summed E-state index contributed by atoms with van der Waals surface area (Å²) in [4.78, 5) is 55.5. The maximum Gasteiger partial charge on any atom is 0.269 e. The number of amidine groups is 1. The van der Waals surface area contributed by atoms with E-state index >= 15 is 0 Å². The minimum Gasteiger partial charge on any atom is -0.383 e. The second-order valence-corrected chi connectivity index (χ2v) is 28.1. The summed E-state index contributed by atoms with van der Waals surface area (Å²) in [6.07, 6.45) is 4.73. The van der Waals surface area contributed by atoms with Gasteiger partial charge < -0.3 is 21.7 Å². The van der Waals surface area contributed by atoms with Crippen molar-refractivity contribution in [1.29, 1.82) is 0 Å². The van der Waals surface area contributed by atoms with Crippen LogP contribution in [-0.4, -0.2) is 38.5 Å². The zero-order chi connectivity index (χ0) is 74.2. The number of pyridine rings is 3. The highest BCUT2D eigenvalue weighted by Gasteiger charge is 2.25. The highest BCUT2D eigenvalue weighted by atomic mass is 35.5. The molecule has 104 heavy (non-hydrogen) atoms. The zero-order valence-corrected chi connectivity index (χ0v) is 64.0. The summed E-state index contributed by atoms with van der Waals surface area (Å²) in [5.41, 5.74) is 15.1. The average Bonchev–Trinajstić information content (AvgIpc) is 0.818. The molecule has 528 valence electrons. The minimum absolute atomic E-state index is 0.0436. The van der Waals surface area contributed by atoms with Crippen LogP contribution in [0.5, 0.6) is 0 Å². The highest BCUT2D eigenvalue weighted by Crippen LogP contribution is 2.32. The second kappa shape index (κ2) is 40.1. The van der Waals surface area contributed by atoms with Crippen molar-refractivity contribution in [2.45, 2.75) is 37.3 Å². The number of aliphatic imine (C=N–C) groups is 1. The van der Waals surface area contributed by atoms with Gasteiger partial charge in [0.2, 0.25) is 0 Å². The Labute approximate surface area is 666 Å². The van der Waals surface area contributed by atoms with Gasteiger partial charge in [0, 0.05) is 68.5 Å². The maximum absolute atomic E-state index is 13.0. The number of nitrogens with zero attached hydrogens (tertiary/aromatic N) is 4. The van der Waals surface area contributed by atoms with E-state index < -0.39 is 24.0 Å². The third-order valence-corrected chi connectivity index (χ3v) is 19.0. The molecule has 3 aromatic heterocycles. The Morgan fingerprint density at radius 3 is 1.20 bits per heavy atom. The van der Waals surface area contributed by atoms with Gasteiger partial charge in [-0.25, -0.2) is 0 Å². The van der Waals surface area contributed by atoms with Crippen LogP contribution in [0.3, 0.4) is 0 Å². The van der Waals surface area contributed by atoms with Crippen molar-refractivity contribution in [2.75, 3.05) is 0 Å². The van der Waals surface area contributed by atoms with Crippen LogP contribution in [0.2, 0.25) is 65.3 Å². The summed E-state index contributed by atoms with van der Waals surface area (Å²) >= 11 is 78.2. The number of hydrogen-bond donors (Lipinski definition) is 5. The van der Waals surface area contributed by atoms with Gasteiger partial charge in [-0.2, -0.15) is 4.99 Å². The van der Waals surface area contributed by atoms with Crippen LogP contribution in [0.4, 0.5) is 0 Å². The minimum atomic E-state index is -0.758. The van der Waals surface area contributed by atoms with Crippen LogP contribution in [0.25, 0.3) is 0 Å². The monoisotopic (exact) mass is 1640 g/mol. The third-order valence-electron chi connectivity index (χ3n) is 15.2. The number of halogens is 13. The predicted octanol–water partition coefficient (Wildman–Crippen LogP) is 23.1. The Morgan fingerprint density at radius 1 is 0.327 bits per heavy atom. The summed E-state index contributed by atoms with van der Waals surface area (Å²) in [5.74, 6) is -0.837. The molecule has 12 nitrogen and oxygen atoms in total. The topological polar surface area (TPSA) is 176 Å². The van der Waals surface area contributed by atoms with Gasteiger partial charge in [0.15, 0.2) is 0 Å². The van der Waals surface area contributed by atoms with Crippen molar-refractivity contribution in [3.8, 4) is 0 Å². The first kappa shape index (κ1) is 80.3. The van der Waals surface area contributed by atoms with E-state index in [0.29, 0.717) is 112 Å². The van der Waals surface area contributed by atoms with E-state index in [1.54, 1.807) is 158 Å². The molecule has 3 amide bonds. The summed E-state index contributed by atoms with van der Waals surface area (Å²) in [6, 6.07) is 72.1. The molecule has 6 N–H and O–H groups in total. The van der Waals surface area contributed by atoms with Gasteiger partial charge in [0.05, 0.1) is 80.4 Å². The molecule has 0 aliphatic carbocycles. The number of benzene rings is 9. The first-order valence-corrected chi connectivity index (χ1v) is 36.2. The van der Waals surface area contributed by atoms with Crippen molar-refractivity contribution < 1.29 is 14.4 Å². The molecule has 0 aliphatic heterocycles. The molecule has 0 saturated heterocycles. The van der Waals surface area contributed by atoms with Gasteiger partial charge in [0.1, 0.15) is 11.9 Å². The Morgan fingerprint density at radius 2 is 0.721 bits per heavy atom. The first-order chi connectivity index (χ1) is 50.0. The average molecular weight is 1640 g/mol. The number of carbonyl (C=O) groups excluding carboxylic acids is 3. The molecule has 0 radical (unpaired) electrons. The first-order valence-electron chi connectivity index (χ1n) is 31.3. The molecule has 3 heterocycles. The molecular weight excluding hydrogens is 1580 g/mol. The summed E-state index contributed by atoms with van der Waals surface area (Å²) in [7, 11) is 0. The SMILES string of the molecule is Clc1ccc(C(NCc2ccc(Cl)c(Cl)c2)c2ccccc2)nc1.NC(=NC(=O)C(NCc1cccc(Cl)c1)c1ccc(Cl)c(Cl)c1)c1ccccc1.O=C(N[C@@H](c1ccc(Cl)cc1)c1ccc(Cl)cn1)c1cccc(Cl)c1.O=C(N[C@H](c1ccc(Cl)c(Cl)c1)c1ccc(Cl)cn1)c1cccc(Cl)c1. The van der Waals surface area contributed by atoms with Gasteiger partial charge in [-0.05, 0) is 167 Å². The molecule has 0 spiro atoms. The van der Waals surface area contributed by atoms with E-state index in [1.807, 2.05) is 91.0 Å². The third kappa shape index (κ3) is 24.4. The van der Waals surface area contributed by atoms with E-state index in [4.69, 9.17) is 157 Å². The lowest BCUT2D eigenvalue weighted by Gasteiger charge is -2.19. The largest absolute Gasteiger partial charge is 0.383 e. The lowest BCUT2D eigenvalue weighted by molar-refractivity contribution is -0.120. The normalized spacial score (nSPS) is 12.1. The number of amides is 3. The fourth-order valence-corrected chi connectivity index (χ4v) is 12.0. The van der Waals surface area contributed by atoms with Crippen LogP contribution in [0.15, 0.2) is 272 Å². The summed E-state index contributed by atoms with van der Waals surface area (Å²) in [5, 5.41) is 19.2. The van der Waals surface area contributed by atoms with Crippen molar-refractivity contribution in [1.82, 2.24) is 36.2 Å². The number of carbonyl (C=O) groups is 3. The van der Waals surface area contributed by atoms with Crippen LogP contribution >= 0.6 is 151 Å². The van der Waals surface area contributed by atoms with E-state index in [-0.39, 0.29) is 23.7 Å². The van der Waals surface area contributed by atoms with Crippen LogP contribution < -0.4 is 27.0 Å². The van der Waals surface area contributed by atoms with Gasteiger partial charge in [-0.3, -0.25) is 34.7 Å². The van der Waals surface area contributed by atoms with Crippen molar-refractivity contribution in [2.24, 2.45) is 10.7 Å². The quantitative estimate of drug-likeness (QED) is 0.0390. The van der Waals surface area contributed by atoms with Crippen LogP contribution in [-0.2, 0) is 17.9 Å². The molecule has 2 unspecified atom stereocenters. The molecule has 0 saturated carbocycles. The van der Waals surface area contributed by atoms with Gasteiger partial charge in [-0.15, -0.1) is 0 Å². The van der Waals surface area contributed by atoms with E-state index in [1.165, 1.54) is 6.20 Å². The highest BCUT2D eigenvalue weighted by molar-refractivity contribution is 6.43. The Kier molecular flexibility index (Phi) is 30.9. The second-order valence-electron chi connectivity index (χ2n) is 22.6. The number of hydrogen-bond acceptors (Lipinski definition) is 8. The van der Waals surface area contributed by atoms with Gasteiger partial charge >= 0.3 is 0 Å². The molecular formula is C79H58Cl13N9O3. The lowest BCUT2D eigenvalue weighted by atomic mass is 10.0. The van der Waals surface area contributed by atoms with Crippen LogP contribution in [0, 0.1) is 0 Å². The number of aromatic nitrogens is 3. The molecule has 9 aromatic carbocycles. The summed E-state index contributed by atoms with van der Waals surface area (Å²) < 4.78 is 0. The number of rotatable bonds is 19. The van der Waals surface area contributed by atoms with Crippen molar-refractivity contribution in [3.05, 3.63) is 400 Å². The summed E-state index contributed by atoms with van der Waals surface area (Å²) in [6.45, 7) is 1.04. The van der Waals surface area contributed by atoms with Crippen LogP contribution in [0.1, 0.15) is 101 Å². The van der Waals surface area contributed by atoms with E-state index in [0.717, 1.165) is 33.5 Å². The molecule has 0 bridgehead atoms. The zero-order valence-electron chi connectivity index (χ0n) is 54.1. The molecule has 12 rings (SSSR count). The Bertz CT molecular complexity index is 4850. The van der Waals surface area contributed by atoms with E-state index in [9.17, 15) is 14.4 Å². The standard InChI is InChI=1S/C22H18Cl3N3O.C19H12Cl4N2O.C19H13Cl3N2O.C19H15Cl3N2/c23-17-8-4-5-14(11-17)13-27-20(16-9-10-18(24)19(25)12-16)22(29)28-21(26)15-6-2-1-3-7-15;20-13-3-1-2-12(8-13)19(26)25-18(17-7-5-14(21)10-24-17)11-4-6-15(22)16(23)9-11;20-14-6-4-12(5-7-14)18(17-9-8-16(22)11-23-17)24-19(25)13-2-1-3-15(21)10-13;20-15-7-9-18(23-12-15)19(14-4-2-1-3-5-14)24-11-13-6-8-16(21)17(22)10-13/h1-12,20,27H,13H2,(H2,26,28,29);1-10,18H,(H,25,26);1-11,18H,(H,24,25);1-10,12,19,24H,11H2/t;2*18-;/m.10./s1. The Balaban J connectivity index is 0.000000161. The van der Waals surface area contributed by atoms with Crippen molar-refractivity contribution in [3.63, 3.8) is 0 Å².